The van der Waals surface area contributed by atoms with Gasteiger partial charge in [-0.2, -0.15) is 4.52 Å². The minimum Gasteiger partial charge on any atom is -0.301 e. The van der Waals surface area contributed by atoms with Gasteiger partial charge in [0.05, 0.1) is 11.4 Å². The fourth-order valence-electron chi connectivity index (χ4n) is 1.53. The first-order chi connectivity index (χ1) is 10.5. The summed E-state index contributed by atoms with van der Waals surface area (Å²) in [5, 5.41) is 17.0. The Kier molecular flexibility index (Phi) is 4.18. The maximum atomic E-state index is 11.8. The number of nitrogens with zero attached hydrogens (tertiary/aromatic N) is 5. The van der Waals surface area contributed by atoms with Gasteiger partial charge in [-0.1, -0.05) is 23.1 Å². The summed E-state index contributed by atoms with van der Waals surface area (Å²) in [6.45, 7) is 3.44. The molecular weight excluding hydrogens is 344 g/mol. The van der Waals surface area contributed by atoms with Crippen LogP contribution in [0.3, 0.4) is 0 Å². The highest BCUT2D eigenvalue weighted by Crippen LogP contribution is 2.23. The molecule has 1 N–H and O–H groups in total. The van der Waals surface area contributed by atoms with Gasteiger partial charge in [-0.15, -0.1) is 26.6 Å². The number of carbonyl (C=O) groups is 1. The number of thiazole rings is 1. The molecule has 3 heterocycles. The number of fused-ring (bicyclic) bond motifs is 1. The van der Waals surface area contributed by atoms with Gasteiger partial charge >= 0.3 is 0 Å². The van der Waals surface area contributed by atoms with Crippen molar-refractivity contribution in [3.63, 3.8) is 0 Å². The van der Waals surface area contributed by atoms with E-state index in [1.54, 1.807) is 6.92 Å². The Morgan fingerprint density at radius 2 is 2.23 bits per heavy atom. The van der Waals surface area contributed by atoms with Gasteiger partial charge in [0, 0.05) is 5.38 Å². The third-order valence-electron chi connectivity index (χ3n) is 2.52. The summed E-state index contributed by atoms with van der Waals surface area (Å²) in [6, 6.07) is 0. The van der Waals surface area contributed by atoms with Gasteiger partial charge in [-0.3, -0.25) is 9.59 Å². The second-order valence-corrected chi connectivity index (χ2v) is 7.32. The lowest BCUT2D eigenvalue weighted by Crippen LogP contribution is -2.19. The van der Waals surface area contributed by atoms with E-state index in [1.807, 2.05) is 12.3 Å². The van der Waals surface area contributed by atoms with Gasteiger partial charge in [0.25, 0.3) is 5.56 Å². The Balaban J connectivity index is 1.67. The lowest BCUT2D eigenvalue weighted by molar-refractivity contribution is -0.113. The largest absolute Gasteiger partial charge is 0.301 e. The zero-order valence-electron chi connectivity index (χ0n) is 11.6. The molecule has 0 aromatic carbocycles. The molecule has 0 saturated carbocycles. The Hall–Kier alpha value is -1.85. The van der Waals surface area contributed by atoms with Crippen molar-refractivity contribution in [1.29, 1.82) is 0 Å². The minimum absolute atomic E-state index is 0.173. The second kappa shape index (κ2) is 6.10. The van der Waals surface area contributed by atoms with E-state index in [0.29, 0.717) is 14.4 Å². The van der Waals surface area contributed by atoms with Crippen molar-refractivity contribution >= 4 is 50.4 Å². The van der Waals surface area contributed by atoms with Crippen LogP contribution in [0.1, 0.15) is 11.4 Å². The molecule has 3 aromatic rings. The zero-order valence-corrected chi connectivity index (χ0v) is 14.0. The maximum absolute atomic E-state index is 11.8. The highest BCUT2D eigenvalue weighted by Gasteiger charge is 2.12. The van der Waals surface area contributed by atoms with Crippen LogP contribution >= 0.6 is 34.4 Å². The van der Waals surface area contributed by atoms with E-state index in [4.69, 9.17) is 0 Å². The number of aromatic nitrogens is 5. The summed E-state index contributed by atoms with van der Waals surface area (Å²) in [5.74, 6) is 0.00722. The molecule has 0 unspecified atom stereocenters. The standard InChI is InChI=1S/C11H10N6O2S3/c1-5-3-20-9(12-5)13-7(18)4-21-11-16-17-8(19)6(2)14-15-10(17)22-11/h3H,4H2,1-2H3,(H,12,13,18). The van der Waals surface area contributed by atoms with E-state index < -0.39 is 0 Å². The van der Waals surface area contributed by atoms with E-state index in [2.05, 4.69) is 25.6 Å². The van der Waals surface area contributed by atoms with Gasteiger partial charge in [0.2, 0.25) is 10.9 Å². The second-order valence-electron chi connectivity index (χ2n) is 4.28. The Bertz CT molecular complexity index is 899. The van der Waals surface area contributed by atoms with Crippen LogP contribution in [0.2, 0.25) is 0 Å². The Labute approximate surface area is 136 Å². The van der Waals surface area contributed by atoms with Crippen molar-refractivity contribution in [2.24, 2.45) is 0 Å². The molecule has 0 aliphatic carbocycles. The van der Waals surface area contributed by atoms with Crippen LogP contribution in [0.5, 0.6) is 0 Å². The number of amides is 1. The lowest BCUT2D eigenvalue weighted by atomic mass is 10.5. The first kappa shape index (κ1) is 15.1. The number of carbonyl (C=O) groups excluding carboxylic acids is 1. The summed E-state index contributed by atoms with van der Waals surface area (Å²) in [7, 11) is 0. The van der Waals surface area contributed by atoms with Crippen LogP contribution in [0.25, 0.3) is 4.96 Å². The van der Waals surface area contributed by atoms with E-state index in [1.165, 1.54) is 39.0 Å². The Morgan fingerprint density at radius 3 is 2.95 bits per heavy atom. The van der Waals surface area contributed by atoms with Crippen LogP contribution in [0, 0.1) is 13.8 Å². The maximum Gasteiger partial charge on any atom is 0.296 e. The highest BCUT2D eigenvalue weighted by molar-refractivity contribution is 8.01. The Morgan fingerprint density at radius 1 is 1.41 bits per heavy atom. The fourth-order valence-corrected chi connectivity index (χ4v) is 3.90. The van der Waals surface area contributed by atoms with Crippen molar-refractivity contribution in [2.75, 3.05) is 11.1 Å². The highest BCUT2D eigenvalue weighted by atomic mass is 32.2. The molecule has 3 rings (SSSR count). The van der Waals surface area contributed by atoms with Crippen LogP contribution in [0.4, 0.5) is 5.13 Å². The summed E-state index contributed by atoms with van der Waals surface area (Å²) < 4.78 is 1.79. The minimum atomic E-state index is -0.296. The molecule has 11 heteroatoms. The predicted molar refractivity (Wildman–Crippen MR) is 85.9 cm³/mol. The third-order valence-corrected chi connectivity index (χ3v) is 5.43. The topological polar surface area (TPSA) is 102 Å². The number of hydrogen-bond acceptors (Lipinski definition) is 9. The van der Waals surface area contributed by atoms with Gasteiger partial charge in [-0.05, 0) is 13.8 Å². The first-order valence-corrected chi connectivity index (χ1v) is 8.79. The van der Waals surface area contributed by atoms with Crippen molar-refractivity contribution in [3.05, 3.63) is 27.1 Å². The van der Waals surface area contributed by atoms with Crippen LogP contribution in [-0.2, 0) is 4.79 Å². The molecule has 0 radical (unpaired) electrons. The molecule has 0 atom stereocenters. The summed E-state index contributed by atoms with van der Waals surface area (Å²) >= 11 is 3.84. The molecule has 8 nitrogen and oxygen atoms in total. The van der Waals surface area contributed by atoms with Crippen molar-refractivity contribution in [1.82, 2.24) is 24.8 Å². The van der Waals surface area contributed by atoms with E-state index in [0.717, 1.165) is 5.69 Å². The first-order valence-electron chi connectivity index (χ1n) is 6.11. The average molecular weight is 354 g/mol. The summed E-state index contributed by atoms with van der Waals surface area (Å²) in [5.41, 5.74) is 0.861. The zero-order chi connectivity index (χ0) is 15.7. The average Bonchev–Trinajstić information content (AvgIpc) is 3.07. The van der Waals surface area contributed by atoms with E-state index >= 15 is 0 Å². The monoisotopic (exact) mass is 354 g/mol. The van der Waals surface area contributed by atoms with Gasteiger partial charge in [0.15, 0.2) is 9.47 Å². The number of thioether (sulfide) groups is 1. The quantitative estimate of drug-likeness (QED) is 0.706. The normalized spacial score (nSPS) is 11.0. The molecule has 0 fully saturated rings. The number of hydrogen-bond donors (Lipinski definition) is 1. The smallest absolute Gasteiger partial charge is 0.296 e. The van der Waals surface area contributed by atoms with Crippen molar-refractivity contribution in [2.45, 2.75) is 18.2 Å². The fraction of sp³-hybridized carbons (Fsp3) is 0.273. The molecule has 0 spiro atoms. The molecule has 3 aromatic heterocycles. The van der Waals surface area contributed by atoms with Crippen LogP contribution in [0.15, 0.2) is 14.5 Å². The predicted octanol–water partition coefficient (Wildman–Crippen LogP) is 1.35. The SMILES string of the molecule is Cc1csc(NC(=O)CSc2nn3c(=O)c(C)nnc3s2)n1. The van der Waals surface area contributed by atoms with E-state index in [-0.39, 0.29) is 22.9 Å². The number of anilines is 1. The molecule has 0 aliphatic heterocycles. The van der Waals surface area contributed by atoms with E-state index in [9.17, 15) is 9.59 Å². The number of rotatable bonds is 4. The lowest BCUT2D eigenvalue weighted by Gasteiger charge is -1.98. The van der Waals surface area contributed by atoms with Crippen molar-refractivity contribution < 1.29 is 4.79 Å². The number of nitrogens with one attached hydrogen (secondary N) is 1. The van der Waals surface area contributed by atoms with Crippen LogP contribution in [-0.4, -0.2) is 36.5 Å². The molecule has 0 aliphatic rings. The number of aryl methyl sites for hydroxylation is 2. The van der Waals surface area contributed by atoms with Gasteiger partial charge in [0.1, 0.15) is 5.69 Å². The third kappa shape index (κ3) is 3.15. The van der Waals surface area contributed by atoms with Crippen LogP contribution < -0.4 is 10.9 Å². The van der Waals surface area contributed by atoms with Crippen molar-refractivity contribution in [3.8, 4) is 0 Å². The molecular formula is C11H10N6O2S3. The molecule has 22 heavy (non-hydrogen) atoms. The summed E-state index contributed by atoms with van der Waals surface area (Å²) in [6.07, 6.45) is 0. The molecule has 114 valence electrons. The molecule has 0 saturated heterocycles. The van der Waals surface area contributed by atoms with Gasteiger partial charge in [-0.25, -0.2) is 4.98 Å². The van der Waals surface area contributed by atoms with Gasteiger partial charge < -0.3 is 5.32 Å². The molecule has 1 amide bonds. The summed E-state index contributed by atoms with van der Waals surface area (Å²) in [4.78, 5) is 28.3. The molecule has 0 bridgehead atoms.